The molecule has 0 unspecified atom stereocenters. The van der Waals surface area contributed by atoms with E-state index in [0.717, 1.165) is 33.8 Å². The number of hydrogen-bond acceptors (Lipinski definition) is 4. The smallest absolute Gasteiger partial charge is 0.234 e. The minimum Gasteiger partial charge on any atom is -0.324 e. The second kappa shape index (κ2) is 8.90. The summed E-state index contributed by atoms with van der Waals surface area (Å²) in [6.45, 7) is 4.09. The number of carbonyl (C=O) groups is 1. The molecule has 4 rings (SSSR count). The Labute approximate surface area is 184 Å². The van der Waals surface area contributed by atoms with Crippen molar-refractivity contribution in [3.05, 3.63) is 77.1 Å². The maximum Gasteiger partial charge on any atom is 0.234 e. The predicted molar refractivity (Wildman–Crippen MR) is 123 cm³/mol. The third kappa shape index (κ3) is 4.50. The van der Waals surface area contributed by atoms with E-state index in [1.165, 1.54) is 17.3 Å². The Morgan fingerprint density at radius 3 is 2.70 bits per heavy atom. The number of hydrogen-bond donors (Lipinski definition) is 1. The highest BCUT2D eigenvalue weighted by Crippen LogP contribution is 2.27. The average Bonchev–Trinajstić information content (AvgIpc) is 3.19. The molecule has 0 radical (unpaired) electrons. The topological polar surface area (TPSA) is 59.3 Å². The Bertz CT molecular complexity index is 1200. The van der Waals surface area contributed by atoms with Crippen LogP contribution in [0.4, 0.5) is 5.69 Å². The molecule has 7 heteroatoms. The predicted octanol–water partition coefficient (Wildman–Crippen LogP) is 5.65. The van der Waals surface area contributed by atoms with Crippen LogP contribution in [0.2, 0.25) is 5.02 Å². The van der Waals surface area contributed by atoms with Crippen molar-refractivity contribution in [3.8, 4) is 11.3 Å². The van der Waals surface area contributed by atoms with Crippen LogP contribution >= 0.6 is 23.4 Å². The van der Waals surface area contributed by atoms with Crippen LogP contribution in [0.3, 0.4) is 0 Å². The largest absolute Gasteiger partial charge is 0.324 e. The van der Waals surface area contributed by atoms with Gasteiger partial charge in [0.1, 0.15) is 5.03 Å². The minimum atomic E-state index is -0.135. The van der Waals surface area contributed by atoms with E-state index in [4.69, 9.17) is 11.6 Å². The molecule has 0 spiro atoms. The third-order valence-electron chi connectivity index (χ3n) is 4.75. The van der Waals surface area contributed by atoms with Crippen molar-refractivity contribution < 1.29 is 4.79 Å². The molecule has 0 saturated heterocycles. The summed E-state index contributed by atoms with van der Waals surface area (Å²) < 4.78 is 1.80. The van der Waals surface area contributed by atoms with Crippen LogP contribution in [0.1, 0.15) is 18.1 Å². The Kier molecular flexibility index (Phi) is 6.06. The number of fused-ring (bicyclic) bond motifs is 1. The van der Waals surface area contributed by atoms with Crippen molar-refractivity contribution >= 4 is 40.5 Å². The number of rotatable bonds is 6. The van der Waals surface area contributed by atoms with Gasteiger partial charge in [0.15, 0.2) is 0 Å². The van der Waals surface area contributed by atoms with Crippen LogP contribution in [-0.2, 0) is 11.2 Å². The molecule has 5 nitrogen and oxygen atoms in total. The van der Waals surface area contributed by atoms with E-state index in [1.54, 1.807) is 10.7 Å². The average molecular weight is 437 g/mol. The van der Waals surface area contributed by atoms with Gasteiger partial charge >= 0.3 is 0 Å². The van der Waals surface area contributed by atoms with Gasteiger partial charge in [0.2, 0.25) is 5.91 Å². The molecule has 1 amide bonds. The second-order valence-corrected chi connectivity index (χ2v) is 8.33. The van der Waals surface area contributed by atoms with Gasteiger partial charge < -0.3 is 5.32 Å². The number of nitrogens with zero attached hydrogens (tertiary/aromatic N) is 3. The van der Waals surface area contributed by atoms with Gasteiger partial charge in [-0.3, -0.25) is 4.79 Å². The normalized spacial score (nSPS) is 11.0. The van der Waals surface area contributed by atoms with Crippen molar-refractivity contribution in [2.45, 2.75) is 25.3 Å². The molecule has 0 fully saturated rings. The minimum absolute atomic E-state index is 0.135. The second-order valence-electron chi connectivity index (χ2n) is 6.96. The van der Waals surface area contributed by atoms with Gasteiger partial charge in [-0.25, -0.2) is 9.50 Å². The number of thioether (sulfide) groups is 1. The van der Waals surface area contributed by atoms with E-state index in [0.29, 0.717) is 10.7 Å². The Morgan fingerprint density at radius 1 is 1.17 bits per heavy atom. The first-order valence-corrected chi connectivity index (χ1v) is 11.0. The Balaban J connectivity index is 1.50. The monoisotopic (exact) mass is 436 g/mol. The van der Waals surface area contributed by atoms with Crippen LogP contribution in [0.15, 0.2) is 66.0 Å². The zero-order valence-corrected chi connectivity index (χ0v) is 18.3. The number of nitrogens with one attached hydrogen (secondary N) is 1. The van der Waals surface area contributed by atoms with E-state index >= 15 is 0 Å². The molecule has 2 aromatic carbocycles. The Morgan fingerprint density at radius 2 is 1.97 bits per heavy atom. The molecule has 1 N–H and O–H groups in total. The molecule has 0 saturated carbocycles. The lowest BCUT2D eigenvalue weighted by Crippen LogP contribution is -2.14. The van der Waals surface area contributed by atoms with Crippen LogP contribution in [-0.4, -0.2) is 26.3 Å². The van der Waals surface area contributed by atoms with Crippen molar-refractivity contribution in [1.82, 2.24) is 14.6 Å². The quantitative estimate of drug-likeness (QED) is 0.397. The van der Waals surface area contributed by atoms with E-state index in [2.05, 4.69) is 46.6 Å². The molecular formula is C23H21ClN4OS. The zero-order valence-electron chi connectivity index (χ0n) is 16.7. The fraction of sp³-hybridized carbons (Fsp3) is 0.174. The molecule has 152 valence electrons. The number of halogens is 1. The van der Waals surface area contributed by atoms with Crippen molar-refractivity contribution in [1.29, 1.82) is 0 Å². The highest BCUT2D eigenvalue weighted by Gasteiger charge is 2.12. The van der Waals surface area contributed by atoms with Gasteiger partial charge in [0.25, 0.3) is 0 Å². The molecule has 4 aromatic rings. The Hall–Kier alpha value is -2.83. The first-order chi connectivity index (χ1) is 14.5. The molecule has 0 aliphatic carbocycles. The summed E-state index contributed by atoms with van der Waals surface area (Å²) in [5.41, 5.74) is 5.76. The van der Waals surface area contributed by atoms with E-state index < -0.39 is 0 Å². The third-order valence-corrected chi connectivity index (χ3v) is 6.06. The van der Waals surface area contributed by atoms with Gasteiger partial charge in [-0.05, 0) is 42.7 Å². The number of carbonyl (C=O) groups excluding carboxylic acids is 1. The summed E-state index contributed by atoms with van der Waals surface area (Å²) in [4.78, 5) is 16.9. The van der Waals surface area contributed by atoms with Gasteiger partial charge in [0.05, 0.1) is 27.7 Å². The molecule has 0 atom stereocenters. The van der Waals surface area contributed by atoms with Crippen LogP contribution in [0.25, 0.3) is 16.8 Å². The van der Waals surface area contributed by atoms with Crippen molar-refractivity contribution in [3.63, 3.8) is 0 Å². The molecule has 0 aliphatic rings. The standard InChI is InChI=1S/C23H21ClN4OS/c1-3-16-5-7-17(8-6-16)20-13-21-23(25-10-11-28(21)27-20)30-14-22(29)26-19-9-4-15(2)12-18(19)24/h4-13H,3,14H2,1-2H3,(H,26,29). The number of aryl methyl sites for hydroxylation is 2. The fourth-order valence-electron chi connectivity index (χ4n) is 3.10. The number of amides is 1. The van der Waals surface area contributed by atoms with Crippen molar-refractivity contribution in [2.24, 2.45) is 0 Å². The molecule has 0 bridgehead atoms. The van der Waals surface area contributed by atoms with E-state index in [9.17, 15) is 4.79 Å². The van der Waals surface area contributed by atoms with Crippen LogP contribution in [0, 0.1) is 6.92 Å². The summed E-state index contributed by atoms with van der Waals surface area (Å²) in [5.74, 6) is 0.0900. The number of anilines is 1. The summed E-state index contributed by atoms with van der Waals surface area (Å²) in [7, 11) is 0. The first kappa shape index (κ1) is 20.4. The lowest BCUT2D eigenvalue weighted by molar-refractivity contribution is -0.113. The highest BCUT2D eigenvalue weighted by atomic mass is 35.5. The summed E-state index contributed by atoms with van der Waals surface area (Å²) in [6.07, 6.45) is 4.52. The molecule has 2 aromatic heterocycles. The van der Waals surface area contributed by atoms with Gasteiger partial charge in [0, 0.05) is 18.0 Å². The summed E-state index contributed by atoms with van der Waals surface area (Å²) >= 11 is 7.58. The van der Waals surface area contributed by atoms with Gasteiger partial charge in [-0.15, -0.1) is 0 Å². The van der Waals surface area contributed by atoms with Crippen LogP contribution in [0.5, 0.6) is 0 Å². The van der Waals surface area contributed by atoms with Gasteiger partial charge in [-0.2, -0.15) is 5.10 Å². The van der Waals surface area contributed by atoms with Gasteiger partial charge in [-0.1, -0.05) is 60.6 Å². The maximum absolute atomic E-state index is 12.4. The molecule has 2 heterocycles. The van der Waals surface area contributed by atoms with E-state index in [1.807, 2.05) is 37.4 Å². The van der Waals surface area contributed by atoms with E-state index in [-0.39, 0.29) is 11.7 Å². The fourth-order valence-corrected chi connectivity index (χ4v) is 4.16. The molecular weight excluding hydrogens is 416 g/mol. The molecule has 0 aliphatic heterocycles. The number of aromatic nitrogens is 3. The zero-order chi connectivity index (χ0) is 21.1. The first-order valence-electron chi connectivity index (χ1n) is 9.66. The number of benzene rings is 2. The summed E-state index contributed by atoms with van der Waals surface area (Å²) in [6, 6.07) is 16.0. The SMILES string of the molecule is CCc1ccc(-c2cc3c(SCC(=O)Nc4ccc(C)cc4Cl)nccn3n2)cc1. The lowest BCUT2D eigenvalue weighted by Gasteiger charge is -2.08. The molecule has 30 heavy (non-hydrogen) atoms. The highest BCUT2D eigenvalue weighted by molar-refractivity contribution is 8.00. The van der Waals surface area contributed by atoms with Crippen LogP contribution < -0.4 is 5.32 Å². The maximum atomic E-state index is 12.4. The lowest BCUT2D eigenvalue weighted by atomic mass is 10.1. The summed E-state index contributed by atoms with van der Waals surface area (Å²) in [5, 5.41) is 8.80. The van der Waals surface area contributed by atoms with Crippen molar-refractivity contribution in [2.75, 3.05) is 11.1 Å².